The Labute approximate surface area is 106 Å². The second-order valence-electron chi connectivity index (χ2n) is 5.50. The number of alkyl halides is 3. The van der Waals surface area contributed by atoms with E-state index in [1.54, 1.807) is 4.90 Å². The summed E-state index contributed by atoms with van der Waals surface area (Å²) in [7, 11) is 0. The number of likely N-dealkylation sites (tertiary alicyclic amines) is 1. The minimum atomic E-state index is -4.08. The molecule has 1 saturated carbocycles. The average molecular weight is 265 g/mol. The third-order valence-electron chi connectivity index (χ3n) is 3.78. The molecule has 18 heavy (non-hydrogen) atoms. The summed E-state index contributed by atoms with van der Waals surface area (Å²) in [6, 6.07) is 0.439. The van der Waals surface area contributed by atoms with Crippen LogP contribution in [0.1, 0.15) is 25.7 Å². The highest BCUT2D eigenvalue weighted by Gasteiger charge is 2.37. The van der Waals surface area contributed by atoms with E-state index in [1.807, 2.05) is 0 Å². The zero-order valence-electron chi connectivity index (χ0n) is 10.6. The standard InChI is InChI=1S/C12H22F3N3/c13-12(14,15)9-18(11-1-2-11)8-7-17-5-3-10(16)4-6-17/h10-11H,1-9,16H2. The van der Waals surface area contributed by atoms with Crippen molar-refractivity contribution in [2.75, 3.05) is 32.7 Å². The van der Waals surface area contributed by atoms with Gasteiger partial charge in [0.1, 0.15) is 0 Å². The average Bonchev–Trinajstić information content (AvgIpc) is 3.08. The van der Waals surface area contributed by atoms with E-state index in [-0.39, 0.29) is 12.1 Å². The Morgan fingerprint density at radius 3 is 2.22 bits per heavy atom. The van der Waals surface area contributed by atoms with Crippen molar-refractivity contribution in [1.82, 2.24) is 9.80 Å². The molecule has 0 unspecified atom stereocenters. The van der Waals surface area contributed by atoms with Gasteiger partial charge in [0.25, 0.3) is 0 Å². The van der Waals surface area contributed by atoms with Gasteiger partial charge in [-0.3, -0.25) is 4.90 Å². The number of nitrogens with two attached hydrogens (primary N) is 1. The highest BCUT2D eigenvalue weighted by atomic mass is 19.4. The summed E-state index contributed by atoms with van der Waals surface area (Å²) in [6.45, 7) is 2.35. The van der Waals surface area contributed by atoms with Crippen LogP contribution in [-0.4, -0.2) is 60.8 Å². The van der Waals surface area contributed by atoms with Crippen LogP contribution in [0, 0.1) is 0 Å². The molecule has 0 aromatic heterocycles. The fraction of sp³-hybridized carbons (Fsp3) is 1.00. The Hall–Kier alpha value is -0.330. The van der Waals surface area contributed by atoms with Gasteiger partial charge in [0.15, 0.2) is 0 Å². The lowest BCUT2D eigenvalue weighted by Gasteiger charge is -2.32. The molecule has 0 aromatic rings. The normalized spacial score (nSPS) is 23.8. The second kappa shape index (κ2) is 5.75. The predicted molar refractivity (Wildman–Crippen MR) is 64.3 cm³/mol. The van der Waals surface area contributed by atoms with Crippen molar-refractivity contribution in [3.63, 3.8) is 0 Å². The molecule has 106 valence electrons. The van der Waals surface area contributed by atoms with E-state index < -0.39 is 12.7 Å². The van der Waals surface area contributed by atoms with Crippen molar-refractivity contribution in [2.24, 2.45) is 5.73 Å². The van der Waals surface area contributed by atoms with Crippen LogP contribution in [-0.2, 0) is 0 Å². The fourth-order valence-corrected chi connectivity index (χ4v) is 2.51. The molecular weight excluding hydrogens is 243 g/mol. The van der Waals surface area contributed by atoms with Crippen LogP contribution in [0.3, 0.4) is 0 Å². The third-order valence-corrected chi connectivity index (χ3v) is 3.78. The summed E-state index contributed by atoms with van der Waals surface area (Å²) in [4.78, 5) is 3.82. The predicted octanol–water partition coefficient (Wildman–Crippen LogP) is 1.44. The summed E-state index contributed by atoms with van der Waals surface area (Å²) < 4.78 is 37.3. The number of nitrogens with zero attached hydrogens (tertiary/aromatic N) is 2. The highest BCUT2D eigenvalue weighted by molar-refractivity contribution is 4.86. The molecule has 0 radical (unpaired) electrons. The zero-order valence-corrected chi connectivity index (χ0v) is 10.6. The molecule has 0 atom stereocenters. The lowest BCUT2D eigenvalue weighted by molar-refractivity contribution is -0.147. The van der Waals surface area contributed by atoms with Gasteiger partial charge in [0.05, 0.1) is 6.54 Å². The minimum Gasteiger partial charge on any atom is -0.328 e. The summed E-state index contributed by atoms with van der Waals surface area (Å²) in [5, 5.41) is 0. The minimum absolute atomic E-state index is 0.165. The van der Waals surface area contributed by atoms with Crippen molar-refractivity contribution in [1.29, 1.82) is 0 Å². The van der Waals surface area contributed by atoms with Crippen molar-refractivity contribution in [3.05, 3.63) is 0 Å². The van der Waals surface area contributed by atoms with E-state index in [2.05, 4.69) is 4.90 Å². The molecule has 1 aliphatic carbocycles. The molecule has 2 aliphatic rings. The van der Waals surface area contributed by atoms with E-state index in [4.69, 9.17) is 5.73 Å². The molecule has 0 bridgehead atoms. The third kappa shape index (κ3) is 4.74. The van der Waals surface area contributed by atoms with E-state index >= 15 is 0 Å². The molecule has 2 N–H and O–H groups in total. The molecule has 0 aromatic carbocycles. The van der Waals surface area contributed by atoms with E-state index in [0.29, 0.717) is 6.54 Å². The fourth-order valence-electron chi connectivity index (χ4n) is 2.51. The van der Waals surface area contributed by atoms with Crippen LogP contribution in [0.2, 0.25) is 0 Å². The van der Waals surface area contributed by atoms with Gasteiger partial charge in [-0.15, -0.1) is 0 Å². The largest absolute Gasteiger partial charge is 0.401 e. The lowest BCUT2D eigenvalue weighted by atomic mass is 10.1. The summed E-state index contributed by atoms with van der Waals surface area (Å²) in [5.74, 6) is 0. The number of piperidine rings is 1. The van der Waals surface area contributed by atoms with Crippen molar-refractivity contribution in [3.8, 4) is 0 Å². The smallest absolute Gasteiger partial charge is 0.328 e. The Balaban J connectivity index is 1.72. The van der Waals surface area contributed by atoms with Crippen LogP contribution in [0.5, 0.6) is 0 Å². The maximum absolute atomic E-state index is 12.4. The number of hydrogen-bond acceptors (Lipinski definition) is 3. The molecule has 2 fully saturated rings. The van der Waals surface area contributed by atoms with Gasteiger partial charge in [0, 0.05) is 25.2 Å². The van der Waals surface area contributed by atoms with Crippen LogP contribution < -0.4 is 5.73 Å². The molecule has 6 heteroatoms. The van der Waals surface area contributed by atoms with Crippen molar-refractivity contribution < 1.29 is 13.2 Å². The Bertz CT molecular complexity index is 258. The Morgan fingerprint density at radius 2 is 1.72 bits per heavy atom. The molecule has 2 rings (SSSR count). The van der Waals surface area contributed by atoms with Gasteiger partial charge in [-0.1, -0.05) is 0 Å². The SMILES string of the molecule is NC1CCN(CCN(CC(F)(F)F)C2CC2)CC1. The first kappa shape index (κ1) is 14.1. The maximum atomic E-state index is 12.4. The summed E-state index contributed by atoms with van der Waals surface area (Å²) in [6.07, 6.45) is -0.319. The highest BCUT2D eigenvalue weighted by Crippen LogP contribution is 2.29. The van der Waals surface area contributed by atoms with Gasteiger partial charge >= 0.3 is 6.18 Å². The van der Waals surface area contributed by atoms with Crippen LogP contribution in [0.25, 0.3) is 0 Å². The van der Waals surface area contributed by atoms with E-state index in [0.717, 1.165) is 45.3 Å². The van der Waals surface area contributed by atoms with Crippen molar-refractivity contribution >= 4 is 0 Å². The molecule has 1 saturated heterocycles. The van der Waals surface area contributed by atoms with Crippen molar-refractivity contribution in [2.45, 2.75) is 43.9 Å². The van der Waals surface area contributed by atoms with Gasteiger partial charge < -0.3 is 10.6 Å². The van der Waals surface area contributed by atoms with Crippen LogP contribution in [0.4, 0.5) is 13.2 Å². The Morgan fingerprint density at radius 1 is 1.11 bits per heavy atom. The van der Waals surface area contributed by atoms with E-state index in [9.17, 15) is 13.2 Å². The van der Waals surface area contributed by atoms with Gasteiger partial charge in [-0.25, -0.2) is 0 Å². The quantitative estimate of drug-likeness (QED) is 0.816. The lowest BCUT2D eigenvalue weighted by Crippen LogP contribution is -2.45. The molecule has 0 spiro atoms. The molecule has 3 nitrogen and oxygen atoms in total. The van der Waals surface area contributed by atoms with Crippen LogP contribution in [0.15, 0.2) is 0 Å². The molecule has 0 amide bonds. The number of halogens is 3. The number of rotatable bonds is 5. The monoisotopic (exact) mass is 265 g/mol. The number of hydrogen-bond donors (Lipinski definition) is 1. The topological polar surface area (TPSA) is 32.5 Å². The Kier molecular flexibility index (Phi) is 4.50. The van der Waals surface area contributed by atoms with Gasteiger partial charge in [-0.05, 0) is 38.8 Å². The molecular formula is C12H22F3N3. The van der Waals surface area contributed by atoms with Gasteiger partial charge in [0.2, 0.25) is 0 Å². The van der Waals surface area contributed by atoms with Crippen LogP contribution >= 0.6 is 0 Å². The van der Waals surface area contributed by atoms with Gasteiger partial charge in [-0.2, -0.15) is 13.2 Å². The van der Waals surface area contributed by atoms with E-state index in [1.165, 1.54) is 0 Å². The second-order valence-corrected chi connectivity index (χ2v) is 5.50. The molecule has 1 aliphatic heterocycles. The summed E-state index contributed by atoms with van der Waals surface area (Å²) >= 11 is 0. The first-order valence-electron chi connectivity index (χ1n) is 6.73. The zero-order chi connectivity index (χ0) is 13.2. The summed E-state index contributed by atoms with van der Waals surface area (Å²) in [5.41, 5.74) is 5.81. The first-order chi connectivity index (χ1) is 8.44. The first-order valence-corrected chi connectivity index (χ1v) is 6.73. The maximum Gasteiger partial charge on any atom is 0.401 e. The molecule has 1 heterocycles.